The molecule has 0 aromatic carbocycles. The third kappa shape index (κ3) is 5.15. The Labute approximate surface area is 240 Å². The maximum Gasteiger partial charge on any atom is 0.321 e. The highest BCUT2D eigenvalue weighted by Crippen LogP contribution is 2.69. The number of aliphatic hydroxyl groups excluding tert-OH is 2. The first kappa shape index (κ1) is 30.0. The number of aliphatic hydroxyl groups is 2. The first-order valence-corrected chi connectivity index (χ1v) is 17.2. The number of sulfone groups is 1. The molecule has 0 spiro atoms. The predicted molar refractivity (Wildman–Crippen MR) is 153 cm³/mol. The van der Waals surface area contributed by atoms with E-state index in [4.69, 9.17) is 4.74 Å². The Bertz CT molecular complexity index is 1160. The lowest BCUT2D eigenvalue weighted by molar-refractivity contribution is -0.203. The van der Waals surface area contributed by atoms with Crippen LogP contribution in [-0.4, -0.2) is 54.2 Å². The fourth-order valence-electron chi connectivity index (χ4n) is 10.3. The summed E-state index contributed by atoms with van der Waals surface area (Å²) in [5.74, 6) is 1.39. The van der Waals surface area contributed by atoms with Crippen LogP contribution in [0.2, 0.25) is 0 Å². The number of ether oxygens (including phenoxy) is 1. The average molecular weight is 576 g/mol. The van der Waals surface area contributed by atoms with E-state index in [1.165, 1.54) is 24.5 Å². The molecule has 4 saturated carbocycles. The van der Waals surface area contributed by atoms with Gasteiger partial charge in [0, 0.05) is 12.4 Å². The van der Waals surface area contributed by atoms with Crippen molar-refractivity contribution >= 4 is 15.8 Å². The van der Waals surface area contributed by atoms with E-state index < -0.39 is 21.6 Å². The number of esters is 1. The van der Waals surface area contributed by atoms with Crippen LogP contribution in [0.1, 0.15) is 85.5 Å². The van der Waals surface area contributed by atoms with Gasteiger partial charge in [0.1, 0.15) is 0 Å². The fraction of sp³-hybridized carbons (Fsp3) is 0.812. The first-order chi connectivity index (χ1) is 18.9. The Morgan fingerprint density at radius 3 is 2.52 bits per heavy atom. The first-order valence-electron chi connectivity index (χ1n) is 15.6. The normalized spacial score (nSPS) is 41.9. The zero-order valence-corrected chi connectivity index (χ0v) is 25.5. The smallest absolute Gasteiger partial charge is 0.321 e. The van der Waals surface area contributed by atoms with Crippen LogP contribution in [0.3, 0.4) is 0 Å². The Kier molecular flexibility index (Phi) is 8.46. The molecular formula is C32H49NO6S. The number of fused-ring (bicyclic) bond motifs is 5. The van der Waals surface area contributed by atoms with Crippen molar-refractivity contribution in [2.75, 3.05) is 12.4 Å². The number of carbonyl (C=O) groups is 1. The van der Waals surface area contributed by atoms with Crippen LogP contribution in [0.5, 0.6) is 0 Å². The van der Waals surface area contributed by atoms with Gasteiger partial charge in [0.15, 0.2) is 15.6 Å². The highest BCUT2D eigenvalue weighted by Gasteiger charge is 2.64. The molecule has 1 aromatic rings. The molecule has 0 amide bonds. The van der Waals surface area contributed by atoms with Gasteiger partial charge in [0.2, 0.25) is 0 Å². The molecule has 1 aromatic heterocycles. The Morgan fingerprint density at radius 1 is 1.10 bits per heavy atom. The number of carbonyl (C=O) groups excluding carboxylic acids is 1. The van der Waals surface area contributed by atoms with Gasteiger partial charge >= 0.3 is 5.97 Å². The summed E-state index contributed by atoms with van der Waals surface area (Å²) in [6.07, 6.45) is 11.2. The second kappa shape index (κ2) is 11.3. The van der Waals surface area contributed by atoms with Gasteiger partial charge in [-0.3, -0.25) is 9.78 Å². The lowest BCUT2D eigenvalue weighted by Gasteiger charge is -2.64. The van der Waals surface area contributed by atoms with Gasteiger partial charge in [0.25, 0.3) is 0 Å². The van der Waals surface area contributed by atoms with Gasteiger partial charge in [-0.05, 0) is 116 Å². The number of hydrogen-bond acceptors (Lipinski definition) is 7. The molecule has 1 heterocycles. The quantitative estimate of drug-likeness (QED) is 0.417. The van der Waals surface area contributed by atoms with E-state index in [-0.39, 0.29) is 40.5 Å². The van der Waals surface area contributed by atoms with E-state index >= 15 is 0 Å². The molecule has 7 nitrogen and oxygen atoms in total. The lowest BCUT2D eigenvalue weighted by Crippen LogP contribution is -2.62. The van der Waals surface area contributed by atoms with Crippen molar-refractivity contribution in [2.24, 2.45) is 52.3 Å². The molecular weight excluding hydrogens is 526 g/mol. The number of aromatic nitrogens is 1. The molecule has 40 heavy (non-hydrogen) atoms. The molecule has 2 N–H and O–H groups in total. The van der Waals surface area contributed by atoms with E-state index in [1.807, 2.05) is 0 Å². The molecule has 5 rings (SSSR count). The minimum absolute atomic E-state index is 0.0284. The summed E-state index contributed by atoms with van der Waals surface area (Å²) < 4.78 is 30.4. The molecule has 4 fully saturated rings. The van der Waals surface area contributed by atoms with Gasteiger partial charge < -0.3 is 14.9 Å². The highest BCUT2D eigenvalue weighted by atomic mass is 32.2. The van der Waals surface area contributed by atoms with Crippen molar-refractivity contribution < 1.29 is 28.2 Å². The second-order valence-electron chi connectivity index (χ2n) is 14.1. The van der Waals surface area contributed by atoms with E-state index in [1.54, 1.807) is 0 Å². The molecule has 0 unspecified atom stereocenters. The maximum atomic E-state index is 12.5. The van der Waals surface area contributed by atoms with E-state index in [0.29, 0.717) is 41.9 Å². The van der Waals surface area contributed by atoms with Crippen LogP contribution in [0.25, 0.3) is 0 Å². The molecule has 8 heteroatoms. The number of nitrogens with zero attached hydrogens (tertiary/aromatic N) is 1. The summed E-state index contributed by atoms with van der Waals surface area (Å²) in [4.78, 5) is 16.2. The number of rotatable bonds is 8. The van der Waals surface area contributed by atoms with Crippen molar-refractivity contribution in [3.05, 3.63) is 24.5 Å². The summed E-state index contributed by atoms with van der Waals surface area (Å²) in [7, 11) is -3.77. The monoisotopic (exact) mass is 575 g/mol. The molecule has 0 aliphatic heterocycles. The zero-order valence-electron chi connectivity index (χ0n) is 24.7. The van der Waals surface area contributed by atoms with Crippen molar-refractivity contribution in [3.8, 4) is 0 Å². The van der Waals surface area contributed by atoms with Crippen molar-refractivity contribution in [1.29, 1.82) is 0 Å². The average Bonchev–Trinajstić information content (AvgIpc) is 3.27. The summed E-state index contributed by atoms with van der Waals surface area (Å²) in [6, 6.07) is 2.98. The van der Waals surface area contributed by atoms with Gasteiger partial charge in [-0.25, -0.2) is 8.42 Å². The number of pyridine rings is 1. The molecule has 224 valence electrons. The van der Waals surface area contributed by atoms with Crippen LogP contribution in [0, 0.1) is 52.3 Å². The van der Waals surface area contributed by atoms with Gasteiger partial charge in [0.05, 0.1) is 23.7 Å². The van der Waals surface area contributed by atoms with Crippen LogP contribution in [0.15, 0.2) is 29.4 Å². The zero-order chi connectivity index (χ0) is 28.9. The third-order valence-corrected chi connectivity index (χ3v) is 13.9. The minimum Gasteiger partial charge on any atom is -0.465 e. The predicted octanol–water partition coefficient (Wildman–Crippen LogP) is 5.05. The van der Waals surface area contributed by atoms with Gasteiger partial charge in [-0.2, -0.15) is 0 Å². The lowest BCUT2D eigenvalue weighted by atomic mass is 9.41. The van der Waals surface area contributed by atoms with E-state index in [9.17, 15) is 23.4 Å². The minimum atomic E-state index is -3.77. The van der Waals surface area contributed by atoms with Crippen LogP contribution >= 0.6 is 0 Å². The molecule has 11 atom stereocenters. The molecule has 4 aliphatic rings. The summed E-state index contributed by atoms with van der Waals surface area (Å²) in [5, 5.41) is 22.4. The van der Waals surface area contributed by atoms with Crippen LogP contribution < -0.4 is 0 Å². The Hall–Kier alpha value is -1.51. The third-order valence-electron chi connectivity index (χ3n) is 12.3. The van der Waals surface area contributed by atoms with Crippen molar-refractivity contribution in [1.82, 2.24) is 4.98 Å². The summed E-state index contributed by atoms with van der Waals surface area (Å²) >= 11 is 0. The van der Waals surface area contributed by atoms with E-state index in [0.717, 1.165) is 51.4 Å². The van der Waals surface area contributed by atoms with Crippen LogP contribution in [0.4, 0.5) is 0 Å². The second-order valence-corrected chi connectivity index (χ2v) is 16.0. The summed E-state index contributed by atoms with van der Waals surface area (Å²) in [6.45, 7) is 9.59. The molecule has 0 saturated heterocycles. The SMILES string of the molecule is CC[C@H]1[C@@H](O)[C@@H]2[C@H](CC[C@]3(C)[C@@H]([C@H](C)CCOC(=O)CS(=O)(=O)c4cccnc4)CC[C@@H]23)[C@@]2(C)CC[C@@H](O)C[C@@H]12. The topological polar surface area (TPSA) is 114 Å². The molecule has 4 aliphatic carbocycles. The Morgan fingerprint density at radius 2 is 1.82 bits per heavy atom. The van der Waals surface area contributed by atoms with Crippen molar-refractivity contribution in [3.63, 3.8) is 0 Å². The van der Waals surface area contributed by atoms with Gasteiger partial charge in [-0.1, -0.05) is 34.1 Å². The molecule has 0 bridgehead atoms. The number of hydrogen-bond donors (Lipinski definition) is 2. The fourth-order valence-corrected chi connectivity index (χ4v) is 11.4. The molecule has 0 radical (unpaired) electrons. The Balaban J connectivity index is 1.22. The summed E-state index contributed by atoms with van der Waals surface area (Å²) in [5.41, 5.74) is 0.337. The van der Waals surface area contributed by atoms with Crippen molar-refractivity contribution in [2.45, 2.75) is 103 Å². The largest absolute Gasteiger partial charge is 0.465 e. The van der Waals surface area contributed by atoms with Gasteiger partial charge in [-0.15, -0.1) is 0 Å². The van der Waals surface area contributed by atoms with E-state index in [2.05, 4.69) is 32.7 Å². The standard InChI is InChI=1S/C32H49NO6S/c1-5-23-27-17-21(34)10-13-32(27,4)26-11-14-31(3)24(8-9-25(31)29(26)30(23)36)20(2)12-16-39-28(35)19-40(37,38)22-7-6-15-33-18-22/h6-7,15,18,20-21,23-27,29-30,34,36H,5,8-14,16-17,19H2,1-4H3/t20-,21-,23-,24-,25+,26+,27+,29+,30-,31-,32-/m1/s1. The maximum absolute atomic E-state index is 12.5. The van der Waals surface area contributed by atoms with Crippen LogP contribution in [-0.2, 0) is 19.4 Å². The highest BCUT2D eigenvalue weighted by molar-refractivity contribution is 7.92.